The molecular weight excluding hydrogens is 504 g/mol. The average molecular weight is 537 g/mol. The molecule has 4 aromatic carbocycles. The molecule has 0 aliphatic carbocycles. The first kappa shape index (κ1) is 26.8. The number of hydrogen-bond donors (Lipinski definition) is 2. The second-order valence-corrected chi connectivity index (χ2v) is 9.95. The molecule has 0 radical (unpaired) electrons. The molecule has 7 nitrogen and oxygen atoms in total. The van der Waals surface area contributed by atoms with E-state index in [9.17, 15) is 14.7 Å². The summed E-state index contributed by atoms with van der Waals surface area (Å²) in [7, 11) is 0. The summed E-state index contributed by atoms with van der Waals surface area (Å²) in [4.78, 5) is 27.0. The minimum atomic E-state index is -1.06. The van der Waals surface area contributed by atoms with Gasteiger partial charge in [0.2, 0.25) is 6.79 Å². The molecule has 204 valence electrons. The number of anilines is 1. The highest BCUT2D eigenvalue weighted by atomic mass is 16.7. The van der Waals surface area contributed by atoms with Gasteiger partial charge in [0.25, 0.3) is 5.91 Å². The van der Waals surface area contributed by atoms with Gasteiger partial charge in [0, 0.05) is 30.8 Å². The van der Waals surface area contributed by atoms with Crippen LogP contribution in [0.25, 0.3) is 0 Å². The van der Waals surface area contributed by atoms with Crippen LogP contribution in [0.3, 0.4) is 0 Å². The fraction of sp³-hybridized carbons (Fsp3) is 0.212. The SMILES string of the molecule is Cc1ccc(N(CCc2ccc3c(c2)OCO3)Cc2ccc(C(=O)NC(Cc3ccccc3)C(=O)O)cc2)cc1. The van der Waals surface area contributed by atoms with Gasteiger partial charge in [-0.3, -0.25) is 4.79 Å². The number of nitrogens with zero attached hydrogens (tertiary/aromatic N) is 1. The van der Waals surface area contributed by atoms with E-state index in [4.69, 9.17) is 9.47 Å². The minimum absolute atomic E-state index is 0.217. The van der Waals surface area contributed by atoms with E-state index < -0.39 is 17.9 Å². The third kappa shape index (κ3) is 6.80. The molecule has 0 fully saturated rings. The third-order valence-electron chi connectivity index (χ3n) is 6.98. The summed E-state index contributed by atoms with van der Waals surface area (Å²) >= 11 is 0. The summed E-state index contributed by atoms with van der Waals surface area (Å²) in [6, 6.07) is 30.1. The summed E-state index contributed by atoms with van der Waals surface area (Å²) in [5.41, 5.74) is 5.78. The number of carbonyl (C=O) groups excluding carboxylic acids is 1. The van der Waals surface area contributed by atoms with Crippen LogP contribution in [-0.4, -0.2) is 36.4 Å². The van der Waals surface area contributed by atoms with E-state index in [1.54, 1.807) is 12.1 Å². The fourth-order valence-corrected chi connectivity index (χ4v) is 4.69. The van der Waals surface area contributed by atoms with Crippen LogP contribution in [0.2, 0.25) is 0 Å². The van der Waals surface area contributed by atoms with Gasteiger partial charge in [-0.05, 0) is 66.4 Å². The largest absolute Gasteiger partial charge is 0.480 e. The maximum Gasteiger partial charge on any atom is 0.326 e. The predicted molar refractivity (Wildman–Crippen MR) is 154 cm³/mol. The van der Waals surface area contributed by atoms with Crippen LogP contribution >= 0.6 is 0 Å². The van der Waals surface area contributed by atoms with E-state index in [1.807, 2.05) is 54.6 Å². The van der Waals surface area contributed by atoms with Crippen molar-refractivity contribution in [3.05, 3.63) is 125 Å². The molecule has 0 aromatic heterocycles. The zero-order chi connectivity index (χ0) is 27.9. The van der Waals surface area contributed by atoms with Gasteiger partial charge >= 0.3 is 5.97 Å². The van der Waals surface area contributed by atoms with Crippen molar-refractivity contribution in [1.82, 2.24) is 5.32 Å². The van der Waals surface area contributed by atoms with E-state index in [1.165, 1.54) is 5.56 Å². The number of aliphatic carboxylic acids is 1. The molecule has 1 heterocycles. The van der Waals surface area contributed by atoms with Crippen molar-refractivity contribution in [3.63, 3.8) is 0 Å². The smallest absolute Gasteiger partial charge is 0.326 e. The second-order valence-electron chi connectivity index (χ2n) is 9.95. The monoisotopic (exact) mass is 536 g/mol. The van der Waals surface area contributed by atoms with Crippen molar-refractivity contribution < 1.29 is 24.2 Å². The molecule has 5 rings (SSSR count). The fourth-order valence-electron chi connectivity index (χ4n) is 4.69. The highest BCUT2D eigenvalue weighted by Gasteiger charge is 2.21. The Morgan fingerprint density at radius 3 is 2.27 bits per heavy atom. The lowest BCUT2D eigenvalue weighted by molar-refractivity contribution is -0.139. The van der Waals surface area contributed by atoms with E-state index >= 15 is 0 Å². The number of amides is 1. The standard InChI is InChI=1S/C33H32N2O5/c1-23-7-14-28(15-8-23)35(18-17-25-11-16-30-31(20-25)40-22-39-30)21-26-9-12-27(13-10-26)32(36)34-29(33(37)38)19-24-5-3-2-4-6-24/h2-16,20,29H,17-19,21-22H2,1H3,(H,34,36)(H,37,38). The molecule has 1 unspecified atom stereocenters. The quantitative estimate of drug-likeness (QED) is 0.267. The predicted octanol–water partition coefficient (Wildman–Crippen LogP) is 5.40. The molecule has 7 heteroatoms. The van der Waals surface area contributed by atoms with Gasteiger partial charge in [0.1, 0.15) is 6.04 Å². The van der Waals surface area contributed by atoms with E-state index in [2.05, 4.69) is 47.5 Å². The Bertz CT molecular complexity index is 1450. The number of hydrogen-bond acceptors (Lipinski definition) is 5. The van der Waals surface area contributed by atoms with Crippen molar-refractivity contribution in [3.8, 4) is 11.5 Å². The van der Waals surface area contributed by atoms with Crippen LogP contribution in [0.15, 0.2) is 97.1 Å². The molecule has 4 aromatic rings. The van der Waals surface area contributed by atoms with E-state index in [0.717, 1.165) is 46.8 Å². The zero-order valence-electron chi connectivity index (χ0n) is 22.4. The summed E-state index contributed by atoms with van der Waals surface area (Å²) in [5, 5.41) is 12.3. The first-order chi connectivity index (χ1) is 19.4. The van der Waals surface area contributed by atoms with Crippen LogP contribution in [-0.2, 0) is 24.2 Å². The minimum Gasteiger partial charge on any atom is -0.480 e. The Labute approximate surface area is 234 Å². The van der Waals surface area contributed by atoms with Crippen LogP contribution in [0.5, 0.6) is 11.5 Å². The third-order valence-corrected chi connectivity index (χ3v) is 6.98. The Morgan fingerprint density at radius 2 is 1.55 bits per heavy atom. The van der Waals surface area contributed by atoms with Crippen LogP contribution in [0, 0.1) is 6.92 Å². The lowest BCUT2D eigenvalue weighted by Gasteiger charge is -2.25. The van der Waals surface area contributed by atoms with Gasteiger partial charge in [-0.2, -0.15) is 0 Å². The second kappa shape index (κ2) is 12.4. The van der Waals surface area contributed by atoms with Crippen LogP contribution in [0.4, 0.5) is 5.69 Å². The number of carboxylic acid groups (broad SMARTS) is 1. The number of nitrogens with one attached hydrogen (secondary N) is 1. The van der Waals surface area contributed by atoms with E-state index in [0.29, 0.717) is 12.1 Å². The van der Waals surface area contributed by atoms with Gasteiger partial charge in [0.15, 0.2) is 11.5 Å². The van der Waals surface area contributed by atoms with Gasteiger partial charge in [-0.15, -0.1) is 0 Å². The highest BCUT2D eigenvalue weighted by Crippen LogP contribution is 2.32. The molecule has 2 N–H and O–H groups in total. The normalized spacial score (nSPS) is 12.5. The summed E-state index contributed by atoms with van der Waals surface area (Å²) in [6.07, 6.45) is 1.04. The van der Waals surface area contributed by atoms with Crippen LogP contribution in [0.1, 0.15) is 32.6 Å². The Hall–Kier alpha value is -4.78. The van der Waals surface area contributed by atoms with Gasteiger partial charge in [-0.1, -0.05) is 66.2 Å². The molecule has 0 saturated carbocycles. The van der Waals surface area contributed by atoms with Crippen molar-refractivity contribution in [2.24, 2.45) is 0 Å². The maximum absolute atomic E-state index is 12.9. The Balaban J connectivity index is 1.26. The molecule has 1 amide bonds. The number of ether oxygens (including phenoxy) is 2. The molecule has 0 spiro atoms. The van der Waals surface area contributed by atoms with Crippen molar-refractivity contribution in [1.29, 1.82) is 0 Å². The Kier molecular flexibility index (Phi) is 8.30. The lowest BCUT2D eigenvalue weighted by Crippen LogP contribution is -2.42. The van der Waals surface area contributed by atoms with Crippen molar-refractivity contribution in [2.75, 3.05) is 18.2 Å². The molecule has 0 saturated heterocycles. The lowest BCUT2D eigenvalue weighted by atomic mass is 10.0. The topological polar surface area (TPSA) is 88.1 Å². The average Bonchev–Trinajstić information content (AvgIpc) is 3.44. The summed E-state index contributed by atoms with van der Waals surface area (Å²) in [6.45, 7) is 3.76. The number of rotatable bonds is 11. The molecule has 1 aliphatic heterocycles. The molecule has 0 bridgehead atoms. The maximum atomic E-state index is 12.9. The first-order valence-electron chi connectivity index (χ1n) is 13.3. The number of carboxylic acids is 1. The summed E-state index contributed by atoms with van der Waals surface area (Å²) < 4.78 is 11.0. The van der Waals surface area contributed by atoms with Crippen molar-refractivity contribution >= 4 is 17.6 Å². The van der Waals surface area contributed by atoms with E-state index in [-0.39, 0.29) is 13.2 Å². The highest BCUT2D eigenvalue weighted by molar-refractivity contribution is 5.96. The zero-order valence-corrected chi connectivity index (χ0v) is 22.4. The number of fused-ring (bicyclic) bond motifs is 1. The molecule has 40 heavy (non-hydrogen) atoms. The van der Waals surface area contributed by atoms with Crippen LogP contribution < -0.4 is 19.7 Å². The number of aryl methyl sites for hydroxylation is 1. The van der Waals surface area contributed by atoms with Gasteiger partial charge in [0.05, 0.1) is 0 Å². The van der Waals surface area contributed by atoms with Crippen molar-refractivity contribution in [2.45, 2.75) is 32.4 Å². The first-order valence-corrected chi connectivity index (χ1v) is 13.3. The Morgan fingerprint density at radius 1 is 0.850 bits per heavy atom. The summed E-state index contributed by atoms with van der Waals surface area (Å²) in [5.74, 6) is 0.0817. The van der Waals surface area contributed by atoms with Gasteiger partial charge < -0.3 is 24.8 Å². The number of benzene rings is 4. The van der Waals surface area contributed by atoms with Gasteiger partial charge in [-0.25, -0.2) is 4.79 Å². The molecular formula is C33H32N2O5. The molecule has 1 aliphatic rings. The molecule has 1 atom stereocenters. The number of carbonyl (C=O) groups is 2.